The molecule has 1 amide bonds. The third-order valence-electron chi connectivity index (χ3n) is 3.53. The molecule has 2 aromatic rings. The van der Waals surface area contributed by atoms with Crippen LogP contribution in [0, 0.1) is 0 Å². The van der Waals surface area contributed by atoms with Gasteiger partial charge in [0.05, 0.1) is 23.3 Å². The summed E-state index contributed by atoms with van der Waals surface area (Å²) in [5.74, 6) is -0.292. The van der Waals surface area contributed by atoms with E-state index in [1.807, 2.05) is 24.3 Å². The fraction of sp³-hybridized carbons (Fsp3) is 0.250. The highest BCUT2D eigenvalue weighted by Gasteiger charge is 2.15. The maximum absolute atomic E-state index is 12.2. The smallest absolute Gasteiger partial charge is 0.257 e. The summed E-state index contributed by atoms with van der Waals surface area (Å²) in [5, 5.41) is 6.51. The molecule has 0 bridgehead atoms. The van der Waals surface area contributed by atoms with Crippen LogP contribution in [0.3, 0.4) is 0 Å². The lowest BCUT2D eigenvalue weighted by molar-refractivity contribution is 0.0277. The van der Waals surface area contributed by atoms with E-state index in [9.17, 15) is 4.79 Å². The number of morpholine rings is 1. The minimum Gasteiger partial charge on any atom is -0.371 e. The number of rotatable bonds is 3. The summed E-state index contributed by atoms with van der Waals surface area (Å²) in [4.78, 5) is 16.0. The molecule has 2 N–H and O–H groups in total. The van der Waals surface area contributed by atoms with Crippen molar-refractivity contribution in [3.8, 4) is 0 Å². The van der Waals surface area contributed by atoms with Crippen molar-refractivity contribution in [3.05, 3.63) is 57.8 Å². The number of benzene rings is 1. The first-order valence-corrected chi connectivity index (χ1v) is 7.94. The molecular formula is C16H15Cl2N3O2. The van der Waals surface area contributed by atoms with Crippen LogP contribution in [0.4, 0.5) is 5.69 Å². The molecule has 7 heteroatoms. The summed E-state index contributed by atoms with van der Waals surface area (Å²) in [6.45, 7) is 2.37. The largest absolute Gasteiger partial charge is 0.371 e. The van der Waals surface area contributed by atoms with Crippen LogP contribution in [-0.2, 0) is 4.74 Å². The third-order valence-corrected chi connectivity index (χ3v) is 4.21. The number of aromatic nitrogens is 1. The van der Waals surface area contributed by atoms with Crippen LogP contribution in [0.1, 0.15) is 22.0 Å². The molecule has 1 aromatic carbocycles. The highest BCUT2D eigenvalue weighted by Crippen LogP contribution is 2.22. The van der Waals surface area contributed by atoms with E-state index in [0.717, 1.165) is 18.7 Å². The Hall–Kier alpha value is -1.66. The Labute approximate surface area is 144 Å². The topological polar surface area (TPSA) is 63.2 Å². The average Bonchev–Trinajstić information content (AvgIpc) is 2.59. The second kappa shape index (κ2) is 7.27. The molecule has 1 fully saturated rings. The number of hydrogen-bond donors (Lipinski definition) is 2. The van der Waals surface area contributed by atoms with E-state index in [1.54, 1.807) is 0 Å². The molecular weight excluding hydrogens is 337 g/mol. The zero-order chi connectivity index (χ0) is 16.2. The number of ether oxygens (including phenoxy) is 1. The summed E-state index contributed by atoms with van der Waals surface area (Å²) < 4.78 is 5.69. The SMILES string of the molecule is O=C(Nc1ccc(C2CNCCO2)cc1)c1cnc(Cl)c(Cl)c1. The monoisotopic (exact) mass is 351 g/mol. The Bertz CT molecular complexity index is 701. The van der Waals surface area contributed by atoms with Crippen molar-refractivity contribution in [1.82, 2.24) is 10.3 Å². The summed E-state index contributed by atoms with van der Waals surface area (Å²) >= 11 is 11.6. The van der Waals surface area contributed by atoms with Gasteiger partial charge in [0.15, 0.2) is 0 Å². The van der Waals surface area contributed by atoms with Crippen molar-refractivity contribution >= 4 is 34.8 Å². The van der Waals surface area contributed by atoms with E-state index in [0.29, 0.717) is 17.9 Å². The molecule has 0 aliphatic carbocycles. The second-order valence-corrected chi connectivity index (χ2v) is 5.90. The van der Waals surface area contributed by atoms with Gasteiger partial charge in [0.25, 0.3) is 5.91 Å². The highest BCUT2D eigenvalue weighted by atomic mass is 35.5. The first-order chi connectivity index (χ1) is 11.1. The first-order valence-electron chi connectivity index (χ1n) is 7.18. The van der Waals surface area contributed by atoms with Crippen LogP contribution >= 0.6 is 23.2 Å². The summed E-state index contributed by atoms with van der Waals surface area (Å²) in [7, 11) is 0. The van der Waals surface area contributed by atoms with Crippen LogP contribution in [-0.4, -0.2) is 30.6 Å². The Morgan fingerprint density at radius 3 is 2.74 bits per heavy atom. The number of carbonyl (C=O) groups is 1. The zero-order valence-corrected chi connectivity index (χ0v) is 13.7. The molecule has 0 saturated carbocycles. The van der Waals surface area contributed by atoms with Crippen molar-refractivity contribution in [2.75, 3.05) is 25.0 Å². The van der Waals surface area contributed by atoms with Crippen LogP contribution in [0.2, 0.25) is 10.2 Å². The zero-order valence-electron chi connectivity index (χ0n) is 12.2. The summed E-state index contributed by atoms with van der Waals surface area (Å²) in [6.07, 6.45) is 1.44. The fourth-order valence-electron chi connectivity index (χ4n) is 2.31. The Balaban J connectivity index is 1.67. The molecule has 1 saturated heterocycles. The molecule has 23 heavy (non-hydrogen) atoms. The number of nitrogens with zero attached hydrogens (tertiary/aromatic N) is 1. The Morgan fingerprint density at radius 1 is 1.30 bits per heavy atom. The molecule has 3 rings (SSSR count). The molecule has 1 aliphatic rings. The molecule has 2 heterocycles. The summed E-state index contributed by atoms with van der Waals surface area (Å²) in [6, 6.07) is 9.06. The minimum absolute atomic E-state index is 0.0489. The van der Waals surface area contributed by atoms with Gasteiger partial charge in [-0.1, -0.05) is 35.3 Å². The maximum Gasteiger partial charge on any atom is 0.257 e. The predicted octanol–water partition coefficient (Wildman–Crippen LogP) is 3.30. The molecule has 120 valence electrons. The van der Waals surface area contributed by atoms with Gasteiger partial charge < -0.3 is 15.4 Å². The fourth-order valence-corrected chi connectivity index (χ4v) is 2.58. The van der Waals surface area contributed by atoms with Crippen molar-refractivity contribution in [2.45, 2.75) is 6.10 Å². The van der Waals surface area contributed by atoms with Crippen molar-refractivity contribution in [2.24, 2.45) is 0 Å². The van der Waals surface area contributed by atoms with Gasteiger partial charge in [-0.25, -0.2) is 4.98 Å². The lowest BCUT2D eigenvalue weighted by atomic mass is 10.1. The Kier molecular flexibility index (Phi) is 5.13. The number of halogens is 2. The number of carbonyl (C=O) groups excluding carboxylic acids is 1. The quantitative estimate of drug-likeness (QED) is 0.832. The van der Waals surface area contributed by atoms with E-state index in [2.05, 4.69) is 15.6 Å². The average molecular weight is 352 g/mol. The normalized spacial score (nSPS) is 17.7. The molecule has 1 aromatic heterocycles. The lowest BCUT2D eigenvalue weighted by Crippen LogP contribution is -2.33. The van der Waals surface area contributed by atoms with Crippen LogP contribution in [0.5, 0.6) is 0 Å². The minimum atomic E-state index is -0.292. The van der Waals surface area contributed by atoms with Gasteiger partial charge in [-0.15, -0.1) is 0 Å². The van der Waals surface area contributed by atoms with E-state index in [4.69, 9.17) is 27.9 Å². The molecule has 0 spiro atoms. The third kappa shape index (κ3) is 4.00. The van der Waals surface area contributed by atoms with Gasteiger partial charge in [0.2, 0.25) is 0 Å². The van der Waals surface area contributed by atoms with E-state index in [-0.39, 0.29) is 22.2 Å². The number of amides is 1. The van der Waals surface area contributed by atoms with Crippen molar-refractivity contribution in [3.63, 3.8) is 0 Å². The highest BCUT2D eigenvalue weighted by molar-refractivity contribution is 6.41. The van der Waals surface area contributed by atoms with Gasteiger partial charge in [0.1, 0.15) is 5.15 Å². The number of pyridine rings is 1. The van der Waals surface area contributed by atoms with Gasteiger partial charge in [0, 0.05) is 25.0 Å². The van der Waals surface area contributed by atoms with Gasteiger partial charge in [-0.05, 0) is 23.8 Å². The van der Waals surface area contributed by atoms with E-state index in [1.165, 1.54) is 12.3 Å². The van der Waals surface area contributed by atoms with E-state index < -0.39 is 0 Å². The number of hydrogen-bond acceptors (Lipinski definition) is 4. The standard InChI is InChI=1S/C16H15Cl2N3O2/c17-13-7-11(8-20-15(13)18)16(22)21-12-3-1-10(2-4-12)14-9-19-5-6-23-14/h1-4,7-8,14,19H,5-6,9H2,(H,21,22). The van der Waals surface area contributed by atoms with E-state index >= 15 is 0 Å². The van der Waals surface area contributed by atoms with Crippen molar-refractivity contribution < 1.29 is 9.53 Å². The van der Waals surface area contributed by atoms with Crippen LogP contribution < -0.4 is 10.6 Å². The lowest BCUT2D eigenvalue weighted by Gasteiger charge is -2.24. The predicted molar refractivity (Wildman–Crippen MR) is 90.2 cm³/mol. The Morgan fingerprint density at radius 2 is 2.09 bits per heavy atom. The molecule has 1 unspecified atom stereocenters. The van der Waals surface area contributed by atoms with Crippen molar-refractivity contribution in [1.29, 1.82) is 0 Å². The molecule has 0 radical (unpaired) electrons. The van der Waals surface area contributed by atoms with Gasteiger partial charge in [-0.2, -0.15) is 0 Å². The molecule has 1 atom stereocenters. The maximum atomic E-state index is 12.2. The number of anilines is 1. The second-order valence-electron chi connectivity index (χ2n) is 5.14. The molecule has 5 nitrogen and oxygen atoms in total. The molecule has 1 aliphatic heterocycles. The number of nitrogens with one attached hydrogen (secondary N) is 2. The van der Waals surface area contributed by atoms with Gasteiger partial charge >= 0.3 is 0 Å². The van der Waals surface area contributed by atoms with Crippen LogP contribution in [0.25, 0.3) is 0 Å². The first kappa shape index (κ1) is 16.2. The van der Waals surface area contributed by atoms with Gasteiger partial charge in [-0.3, -0.25) is 4.79 Å². The van der Waals surface area contributed by atoms with Crippen LogP contribution in [0.15, 0.2) is 36.5 Å². The summed E-state index contributed by atoms with van der Waals surface area (Å²) in [5.41, 5.74) is 2.11.